The summed E-state index contributed by atoms with van der Waals surface area (Å²) in [5.41, 5.74) is 4.26. The van der Waals surface area contributed by atoms with E-state index in [-0.39, 0.29) is 6.04 Å². The highest BCUT2D eigenvalue weighted by Gasteiger charge is 2.25. The second-order valence-electron chi connectivity index (χ2n) is 5.13. The summed E-state index contributed by atoms with van der Waals surface area (Å²) in [7, 11) is 0. The Labute approximate surface area is 119 Å². The Hall–Kier alpha value is -1.31. The van der Waals surface area contributed by atoms with Gasteiger partial charge in [-0.1, -0.05) is 54.6 Å². The monoisotopic (exact) mass is 271 g/mol. The smallest absolute Gasteiger partial charge is 0.0457 e. The fourth-order valence-electron chi connectivity index (χ4n) is 2.78. The van der Waals surface area contributed by atoms with Gasteiger partial charge >= 0.3 is 0 Å². The molecule has 1 aliphatic rings. The minimum atomic E-state index is 0.246. The molecule has 2 atom stereocenters. The van der Waals surface area contributed by atoms with Crippen LogP contribution in [0.5, 0.6) is 0 Å². The molecule has 0 amide bonds. The fourth-order valence-corrected chi connectivity index (χ4v) is 3.06. The van der Waals surface area contributed by atoms with Crippen molar-refractivity contribution in [1.82, 2.24) is 5.32 Å². The van der Waals surface area contributed by atoms with Crippen molar-refractivity contribution in [2.24, 2.45) is 0 Å². The summed E-state index contributed by atoms with van der Waals surface area (Å²) in [4.78, 5) is 0. The highest BCUT2D eigenvalue weighted by Crippen LogP contribution is 2.34. The van der Waals surface area contributed by atoms with Gasteiger partial charge in [-0.3, -0.25) is 0 Å². The van der Waals surface area contributed by atoms with Crippen molar-refractivity contribution in [3.8, 4) is 0 Å². The topological polar surface area (TPSA) is 12.0 Å². The van der Waals surface area contributed by atoms with E-state index in [1.807, 2.05) is 6.07 Å². The van der Waals surface area contributed by atoms with Crippen LogP contribution in [0.15, 0.2) is 54.6 Å². The van der Waals surface area contributed by atoms with Crippen LogP contribution in [-0.4, -0.2) is 12.4 Å². The van der Waals surface area contributed by atoms with Crippen LogP contribution in [0.25, 0.3) is 0 Å². The molecule has 0 bridgehead atoms. The van der Waals surface area contributed by atoms with E-state index in [2.05, 4.69) is 53.8 Å². The van der Waals surface area contributed by atoms with E-state index in [4.69, 9.17) is 11.6 Å². The van der Waals surface area contributed by atoms with Crippen LogP contribution in [0.4, 0.5) is 0 Å². The van der Waals surface area contributed by atoms with Gasteiger partial charge in [-0.25, -0.2) is 0 Å². The Morgan fingerprint density at radius 1 is 1.05 bits per heavy atom. The summed E-state index contributed by atoms with van der Waals surface area (Å²) < 4.78 is 0. The summed E-state index contributed by atoms with van der Waals surface area (Å²) in [5.74, 6) is 1.25. The Morgan fingerprint density at radius 3 is 2.53 bits per heavy atom. The number of hydrogen-bond acceptors (Lipinski definition) is 1. The number of benzene rings is 2. The molecule has 2 heteroatoms. The Kier molecular flexibility index (Phi) is 3.86. The van der Waals surface area contributed by atoms with Crippen LogP contribution in [0.3, 0.4) is 0 Å². The molecule has 0 spiro atoms. The van der Waals surface area contributed by atoms with Crippen molar-refractivity contribution in [2.75, 3.05) is 12.4 Å². The van der Waals surface area contributed by atoms with E-state index in [1.165, 1.54) is 23.1 Å². The van der Waals surface area contributed by atoms with Crippen LogP contribution in [0.1, 0.15) is 28.7 Å². The lowest BCUT2D eigenvalue weighted by Crippen LogP contribution is -2.32. The van der Waals surface area contributed by atoms with Gasteiger partial charge in [0, 0.05) is 24.4 Å². The van der Waals surface area contributed by atoms with E-state index in [9.17, 15) is 0 Å². The Morgan fingerprint density at radius 2 is 1.79 bits per heavy atom. The van der Waals surface area contributed by atoms with Gasteiger partial charge < -0.3 is 5.32 Å². The lowest BCUT2D eigenvalue weighted by atomic mass is 9.77. The molecule has 0 fully saturated rings. The molecule has 0 radical (unpaired) electrons. The number of hydrogen-bond donors (Lipinski definition) is 1. The first-order chi connectivity index (χ1) is 9.38. The lowest BCUT2D eigenvalue weighted by Gasteiger charge is -2.31. The van der Waals surface area contributed by atoms with Crippen molar-refractivity contribution in [2.45, 2.75) is 18.4 Å². The molecule has 0 aliphatic heterocycles. The number of rotatable bonds is 5. The molecule has 2 unspecified atom stereocenters. The van der Waals surface area contributed by atoms with Crippen molar-refractivity contribution in [3.05, 3.63) is 71.3 Å². The summed E-state index contributed by atoms with van der Waals surface area (Å²) in [5, 5.41) is 3.60. The van der Waals surface area contributed by atoms with Gasteiger partial charge in [0.2, 0.25) is 0 Å². The highest BCUT2D eigenvalue weighted by atomic mass is 35.5. The Bertz CT molecular complexity index is 538. The Balaban J connectivity index is 1.61. The maximum atomic E-state index is 6.08. The maximum Gasteiger partial charge on any atom is 0.0457 e. The second kappa shape index (κ2) is 5.77. The zero-order chi connectivity index (χ0) is 13.1. The van der Waals surface area contributed by atoms with E-state index >= 15 is 0 Å². The van der Waals surface area contributed by atoms with Gasteiger partial charge in [-0.05, 0) is 23.1 Å². The molecule has 0 saturated carbocycles. The van der Waals surface area contributed by atoms with Gasteiger partial charge in [0.25, 0.3) is 0 Å². The molecule has 19 heavy (non-hydrogen) atoms. The predicted octanol–water partition coefficient (Wildman–Crippen LogP) is 3.90. The molecule has 3 rings (SSSR count). The van der Waals surface area contributed by atoms with Crippen LogP contribution in [0.2, 0.25) is 0 Å². The van der Waals surface area contributed by atoms with Gasteiger partial charge in [-0.2, -0.15) is 0 Å². The molecule has 98 valence electrons. The molecule has 2 aromatic carbocycles. The normalized spacial score (nSPS) is 18.5. The number of alkyl halides is 1. The minimum Gasteiger partial charge on any atom is -0.308 e. The molecule has 1 N–H and O–H groups in total. The first kappa shape index (κ1) is 12.7. The summed E-state index contributed by atoms with van der Waals surface area (Å²) in [6, 6.07) is 19.4. The third-order valence-electron chi connectivity index (χ3n) is 3.93. The SMILES string of the molecule is ClCC(NCC1Cc2ccccc21)c1ccccc1. The van der Waals surface area contributed by atoms with E-state index < -0.39 is 0 Å². The molecular weight excluding hydrogens is 254 g/mol. The molecule has 2 aromatic rings. The fraction of sp³-hybridized carbons (Fsp3) is 0.294. The first-order valence-corrected chi connectivity index (χ1v) is 7.34. The zero-order valence-corrected chi connectivity index (χ0v) is 11.6. The average molecular weight is 272 g/mol. The van der Waals surface area contributed by atoms with Crippen molar-refractivity contribution in [1.29, 1.82) is 0 Å². The van der Waals surface area contributed by atoms with E-state index in [0.717, 1.165) is 6.54 Å². The average Bonchev–Trinajstić information content (AvgIpc) is 2.45. The van der Waals surface area contributed by atoms with E-state index in [0.29, 0.717) is 11.8 Å². The summed E-state index contributed by atoms with van der Waals surface area (Å²) in [6.45, 7) is 1.00. The maximum absolute atomic E-state index is 6.08. The van der Waals surface area contributed by atoms with Crippen LogP contribution < -0.4 is 5.32 Å². The summed E-state index contributed by atoms with van der Waals surface area (Å²) in [6.07, 6.45) is 1.19. The third kappa shape index (κ3) is 2.68. The quantitative estimate of drug-likeness (QED) is 0.814. The van der Waals surface area contributed by atoms with Crippen molar-refractivity contribution in [3.63, 3.8) is 0 Å². The van der Waals surface area contributed by atoms with E-state index in [1.54, 1.807) is 0 Å². The molecule has 1 nitrogen and oxygen atoms in total. The molecule has 0 aromatic heterocycles. The molecule has 0 saturated heterocycles. The van der Waals surface area contributed by atoms with Crippen LogP contribution in [-0.2, 0) is 6.42 Å². The van der Waals surface area contributed by atoms with Crippen LogP contribution in [0, 0.1) is 0 Å². The van der Waals surface area contributed by atoms with Crippen molar-refractivity contribution >= 4 is 11.6 Å². The van der Waals surface area contributed by atoms with Gasteiger partial charge in [-0.15, -0.1) is 11.6 Å². The number of halogens is 1. The third-order valence-corrected chi connectivity index (χ3v) is 4.24. The minimum absolute atomic E-state index is 0.246. The lowest BCUT2D eigenvalue weighted by molar-refractivity contribution is 0.491. The second-order valence-corrected chi connectivity index (χ2v) is 5.43. The zero-order valence-electron chi connectivity index (χ0n) is 10.9. The first-order valence-electron chi connectivity index (χ1n) is 6.80. The van der Waals surface area contributed by atoms with Gasteiger partial charge in [0.15, 0.2) is 0 Å². The largest absolute Gasteiger partial charge is 0.308 e. The van der Waals surface area contributed by atoms with Gasteiger partial charge in [0.1, 0.15) is 0 Å². The standard InChI is InChI=1S/C17H18ClN/c18-11-17(13-6-2-1-3-7-13)19-12-15-10-14-8-4-5-9-16(14)15/h1-9,15,17,19H,10-12H2. The molecular formula is C17H18ClN. The highest BCUT2D eigenvalue weighted by molar-refractivity contribution is 6.18. The molecule has 0 heterocycles. The number of fused-ring (bicyclic) bond motifs is 1. The molecule has 1 aliphatic carbocycles. The van der Waals surface area contributed by atoms with Gasteiger partial charge in [0.05, 0.1) is 0 Å². The van der Waals surface area contributed by atoms with Crippen LogP contribution >= 0.6 is 11.6 Å². The number of nitrogens with one attached hydrogen (secondary N) is 1. The summed E-state index contributed by atoms with van der Waals surface area (Å²) >= 11 is 6.08. The predicted molar refractivity (Wildman–Crippen MR) is 80.8 cm³/mol. The van der Waals surface area contributed by atoms with Crippen molar-refractivity contribution < 1.29 is 0 Å².